The summed E-state index contributed by atoms with van der Waals surface area (Å²) in [6.07, 6.45) is 0. The third-order valence-corrected chi connectivity index (χ3v) is 6.92. The Bertz CT molecular complexity index is 1180. The maximum atomic E-state index is 13.3. The zero-order valence-electron chi connectivity index (χ0n) is 20.4. The van der Waals surface area contributed by atoms with Gasteiger partial charge in [0.25, 0.3) is 5.56 Å². The molecule has 0 unspecified atom stereocenters. The third-order valence-electron chi connectivity index (χ3n) is 5.95. The first-order chi connectivity index (χ1) is 15.7. The standard InChI is InChI=1S/C26H34N4O2S/c1-17(2)29(18(3)4)14-15-30-25(32)21-11-7-8-12-23(21)28-26(30)33-16-24(31)27-22-13-9-10-19(5)20(22)6/h7-13,17-18H,14-16H2,1-6H3,(H,27,31). The molecule has 1 aromatic heterocycles. The van der Waals surface area contributed by atoms with Crippen molar-refractivity contribution in [3.05, 3.63) is 63.9 Å². The lowest BCUT2D eigenvalue weighted by Gasteiger charge is -2.30. The Labute approximate surface area is 200 Å². The maximum Gasteiger partial charge on any atom is 0.262 e. The fraction of sp³-hybridized carbons (Fsp3) is 0.423. The summed E-state index contributed by atoms with van der Waals surface area (Å²) in [6.45, 7) is 13.9. The molecule has 0 bridgehead atoms. The van der Waals surface area contributed by atoms with E-state index in [1.807, 2.05) is 56.3 Å². The molecule has 0 aliphatic carbocycles. The number of anilines is 1. The van der Waals surface area contributed by atoms with Crippen LogP contribution in [0.2, 0.25) is 0 Å². The van der Waals surface area contributed by atoms with E-state index in [4.69, 9.17) is 4.98 Å². The second kappa shape index (κ2) is 11.0. The predicted octanol–water partition coefficient (Wildman–Crippen LogP) is 4.86. The number of aromatic nitrogens is 2. The lowest BCUT2D eigenvalue weighted by Crippen LogP contribution is -2.40. The van der Waals surface area contributed by atoms with Crippen LogP contribution in [0.25, 0.3) is 10.9 Å². The molecule has 0 radical (unpaired) electrons. The van der Waals surface area contributed by atoms with Gasteiger partial charge in [-0.25, -0.2) is 4.98 Å². The van der Waals surface area contributed by atoms with E-state index < -0.39 is 0 Å². The number of hydrogen-bond acceptors (Lipinski definition) is 5. The Morgan fingerprint density at radius 3 is 2.45 bits per heavy atom. The molecule has 0 saturated carbocycles. The van der Waals surface area contributed by atoms with Crippen molar-refractivity contribution in [3.8, 4) is 0 Å². The van der Waals surface area contributed by atoms with Crippen LogP contribution < -0.4 is 10.9 Å². The van der Waals surface area contributed by atoms with E-state index in [0.29, 0.717) is 34.7 Å². The second-order valence-electron chi connectivity index (χ2n) is 8.88. The summed E-state index contributed by atoms with van der Waals surface area (Å²) in [5.74, 6) is 0.0598. The van der Waals surface area contributed by atoms with Crippen LogP contribution in [0.5, 0.6) is 0 Å². The van der Waals surface area contributed by atoms with Gasteiger partial charge in [-0.05, 0) is 70.9 Å². The van der Waals surface area contributed by atoms with Crippen LogP contribution in [0.3, 0.4) is 0 Å². The van der Waals surface area contributed by atoms with E-state index in [1.54, 1.807) is 4.57 Å². The molecule has 3 rings (SSSR count). The molecule has 0 spiro atoms. The zero-order chi connectivity index (χ0) is 24.1. The minimum absolute atomic E-state index is 0.0644. The van der Waals surface area contributed by atoms with Crippen molar-refractivity contribution >= 4 is 34.3 Å². The molecule has 176 valence electrons. The molecule has 0 atom stereocenters. The van der Waals surface area contributed by atoms with Gasteiger partial charge < -0.3 is 5.32 Å². The van der Waals surface area contributed by atoms with Gasteiger partial charge in [-0.15, -0.1) is 0 Å². The average molecular weight is 467 g/mol. The van der Waals surface area contributed by atoms with Crippen LogP contribution in [-0.2, 0) is 11.3 Å². The van der Waals surface area contributed by atoms with E-state index in [0.717, 1.165) is 23.4 Å². The largest absolute Gasteiger partial charge is 0.325 e. The minimum Gasteiger partial charge on any atom is -0.325 e. The number of carbonyl (C=O) groups excluding carboxylic acids is 1. The minimum atomic E-state index is -0.117. The van der Waals surface area contributed by atoms with Gasteiger partial charge in [0.05, 0.1) is 16.7 Å². The Kier molecular flexibility index (Phi) is 8.32. The van der Waals surface area contributed by atoms with Gasteiger partial charge in [0, 0.05) is 30.9 Å². The third kappa shape index (κ3) is 6.03. The molecule has 1 heterocycles. The van der Waals surface area contributed by atoms with Gasteiger partial charge >= 0.3 is 0 Å². The molecule has 0 fully saturated rings. The number of nitrogens with one attached hydrogen (secondary N) is 1. The number of carbonyl (C=O) groups is 1. The highest BCUT2D eigenvalue weighted by Gasteiger charge is 2.17. The quantitative estimate of drug-likeness (QED) is 0.360. The topological polar surface area (TPSA) is 67.2 Å². The number of rotatable bonds is 9. The molecule has 0 saturated heterocycles. The van der Waals surface area contributed by atoms with Crippen LogP contribution in [0.1, 0.15) is 38.8 Å². The first-order valence-electron chi connectivity index (χ1n) is 11.4. The van der Waals surface area contributed by atoms with Crippen LogP contribution in [-0.4, -0.2) is 44.7 Å². The highest BCUT2D eigenvalue weighted by Crippen LogP contribution is 2.21. The van der Waals surface area contributed by atoms with Crippen molar-refractivity contribution in [3.63, 3.8) is 0 Å². The zero-order valence-corrected chi connectivity index (χ0v) is 21.2. The van der Waals surface area contributed by atoms with Crippen LogP contribution in [0, 0.1) is 13.8 Å². The first-order valence-corrected chi connectivity index (χ1v) is 12.4. The molecular weight excluding hydrogens is 432 g/mol. The van der Waals surface area contributed by atoms with Gasteiger partial charge in [-0.2, -0.15) is 0 Å². The number of para-hydroxylation sites is 1. The number of benzene rings is 2. The fourth-order valence-electron chi connectivity index (χ4n) is 3.99. The number of amides is 1. The molecule has 2 aromatic carbocycles. The van der Waals surface area contributed by atoms with Crippen LogP contribution >= 0.6 is 11.8 Å². The van der Waals surface area contributed by atoms with E-state index in [9.17, 15) is 9.59 Å². The van der Waals surface area contributed by atoms with Crippen LogP contribution in [0.15, 0.2) is 52.4 Å². The molecule has 7 heteroatoms. The van der Waals surface area contributed by atoms with Crippen LogP contribution in [0.4, 0.5) is 5.69 Å². The van der Waals surface area contributed by atoms with Crippen molar-refractivity contribution in [2.45, 2.75) is 65.3 Å². The van der Waals surface area contributed by atoms with Crippen molar-refractivity contribution in [2.75, 3.05) is 17.6 Å². The normalized spacial score (nSPS) is 11.7. The molecule has 3 aromatic rings. The second-order valence-corrected chi connectivity index (χ2v) is 9.82. The number of thioether (sulfide) groups is 1. The molecular formula is C26H34N4O2S. The molecule has 1 amide bonds. The average Bonchev–Trinajstić information content (AvgIpc) is 2.76. The highest BCUT2D eigenvalue weighted by molar-refractivity contribution is 7.99. The van der Waals surface area contributed by atoms with Crippen molar-refractivity contribution < 1.29 is 4.79 Å². The molecule has 0 aliphatic rings. The van der Waals surface area contributed by atoms with Crippen molar-refractivity contribution in [2.24, 2.45) is 0 Å². The van der Waals surface area contributed by atoms with E-state index >= 15 is 0 Å². The molecule has 0 aliphatic heterocycles. The monoisotopic (exact) mass is 466 g/mol. The van der Waals surface area contributed by atoms with Gasteiger partial charge in [-0.3, -0.25) is 19.1 Å². The SMILES string of the molecule is Cc1cccc(NC(=O)CSc2nc3ccccc3c(=O)n2CCN(C(C)C)C(C)C)c1C. The molecule has 6 nitrogen and oxygen atoms in total. The Morgan fingerprint density at radius 2 is 1.76 bits per heavy atom. The first kappa shape index (κ1) is 25.0. The summed E-state index contributed by atoms with van der Waals surface area (Å²) in [6, 6.07) is 14.0. The van der Waals surface area contributed by atoms with Crippen molar-refractivity contribution in [1.29, 1.82) is 0 Å². The molecule has 33 heavy (non-hydrogen) atoms. The summed E-state index contributed by atoms with van der Waals surface area (Å²) >= 11 is 1.30. The predicted molar refractivity (Wildman–Crippen MR) is 138 cm³/mol. The Hall–Kier alpha value is -2.64. The summed E-state index contributed by atoms with van der Waals surface area (Å²) in [7, 11) is 0. The van der Waals surface area contributed by atoms with E-state index in [1.165, 1.54) is 11.8 Å². The van der Waals surface area contributed by atoms with E-state index in [2.05, 4.69) is 37.9 Å². The Balaban J connectivity index is 1.84. The lowest BCUT2D eigenvalue weighted by molar-refractivity contribution is -0.113. The number of fused-ring (bicyclic) bond motifs is 1. The van der Waals surface area contributed by atoms with Gasteiger partial charge in [0.1, 0.15) is 0 Å². The Morgan fingerprint density at radius 1 is 1.06 bits per heavy atom. The highest BCUT2D eigenvalue weighted by atomic mass is 32.2. The van der Waals surface area contributed by atoms with Crippen molar-refractivity contribution in [1.82, 2.24) is 14.5 Å². The van der Waals surface area contributed by atoms with Gasteiger partial charge in [0.2, 0.25) is 5.91 Å². The van der Waals surface area contributed by atoms with Gasteiger partial charge in [-0.1, -0.05) is 36.0 Å². The lowest BCUT2D eigenvalue weighted by atomic mass is 10.1. The maximum absolute atomic E-state index is 13.3. The summed E-state index contributed by atoms with van der Waals surface area (Å²) in [5.41, 5.74) is 3.59. The number of nitrogens with zero attached hydrogens (tertiary/aromatic N) is 3. The number of aryl methyl sites for hydroxylation is 1. The summed E-state index contributed by atoms with van der Waals surface area (Å²) in [4.78, 5) is 33.1. The summed E-state index contributed by atoms with van der Waals surface area (Å²) < 4.78 is 1.72. The number of hydrogen-bond donors (Lipinski definition) is 1. The molecule has 1 N–H and O–H groups in total. The fourth-order valence-corrected chi connectivity index (χ4v) is 4.81. The summed E-state index contributed by atoms with van der Waals surface area (Å²) in [5, 5.41) is 4.16. The van der Waals surface area contributed by atoms with E-state index in [-0.39, 0.29) is 17.2 Å². The smallest absolute Gasteiger partial charge is 0.262 e. The van der Waals surface area contributed by atoms with Gasteiger partial charge in [0.15, 0.2) is 5.16 Å².